The summed E-state index contributed by atoms with van der Waals surface area (Å²) >= 11 is 0. The van der Waals surface area contributed by atoms with Gasteiger partial charge in [0, 0.05) is 25.6 Å². The van der Waals surface area contributed by atoms with Crippen LogP contribution in [-0.4, -0.2) is 29.9 Å². The molecule has 3 nitrogen and oxygen atoms in total. The second-order valence-corrected chi connectivity index (χ2v) is 4.79. The molecule has 92 valence electrons. The van der Waals surface area contributed by atoms with E-state index >= 15 is 0 Å². The molecule has 1 saturated heterocycles. The Morgan fingerprint density at radius 1 is 1.44 bits per heavy atom. The predicted octanol–water partition coefficient (Wildman–Crippen LogP) is 1.57. The molecule has 1 saturated carbocycles. The van der Waals surface area contributed by atoms with Crippen molar-refractivity contribution in [2.75, 3.05) is 13.1 Å². The van der Waals surface area contributed by atoms with Crippen LogP contribution in [0, 0.1) is 11.8 Å². The number of carbonyl (C=O) groups excluding carboxylic acids is 1. The van der Waals surface area contributed by atoms with Crippen LogP contribution in [-0.2, 0) is 4.79 Å². The number of nitrogens with zero attached hydrogens (tertiary/aromatic N) is 1. The van der Waals surface area contributed by atoms with Crippen LogP contribution in [0.5, 0.6) is 0 Å². The highest BCUT2D eigenvalue weighted by Crippen LogP contribution is 2.37. The zero-order chi connectivity index (χ0) is 10.8. The van der Waals surface area contributed by atoms with Gasteiger partial charge in [-0.1, -0.05) is 6.08 Å². The largest absolute Gasteiger partial charge is 0.342 e. The lowest BCUT2D eigenvalue weighted by Crippen LogP contribution is -2.33. The summed E-state index contributed by atoms with van der Waals surface area (Å²) in [6.07, 6.45) is 5.55. The first kappa shape index (κ1) is 13.5. The molecular formula is C12H21ClN2O. The zero-order valence-corrected chi connectivity index (χ0v) is 10.4. The van der Waals surface area contributed by atoms with Crippen molar-refractivity contribution in [2.24, 2.45) is 17.6 Å². The maximum Gasteiger partial charge on any atom is 0.222 e. The monoisotopic (exact) mass is 244 g/mol. The normalized spacial score (nSPS) is 32.1. The Morgan fingerprint density at radius 2 is 2.19 bits per heavy atom. The molecule has 2 N–H and O–H groups in total. The van der Waals surface area contributed by atoms with Gasteiger partial charge in [-0.15, -0.1) is 19.0 Å². The third-order valence-corrected chi connectivity index (χ3v) is 3.83. The van der Waals surface area contributed by atoms with Crippen molar-refractivity contribution in [1.29, 1.82) is 0 Å². The van der Waals surface area contributed by atoms with Crippen LogP contribution in [0.3, 0.4) is 0 Å². The van der Waals surface area contributed by atoms with Crippen molar-refractivity contribution in [3.8, 4) is 0 Å². The molecule has 4 heteroatoms. The van der Waals surface area contributed by atoms with Crippen LogP contribution >= 0.6 is 12.4 Å². The fourth-order valence-corrected chi connectivity index (χ4v) is 2.89. The molecule has 16 heavy (non-hydrogen) atoms. The van der Waals surface area contributed by atoms with Gasteiger partial charge in [-0.25, -0.2) is 0 Å². The van der Waals surface area contributed by atoms with Crippen LogP contribution in [0.2, 0.25) is 0 Å². The fourth-order valence-electron chi connectivity index (χ4n) is 2.89. The molecule has 3 unspecified atom stereocenters. The van der Waals surface area contributed by atoms with E-state index < -0.39 is 0 Å². The minimum atomic E-state index is 0. The summed E-state index contributed by atoms with van der Waals surface area (Å²) in [6.45, 7) is 5.47. The van der Waals surface area contributed by atoms with E-state index in [0.29, 0.717) is 24.3 Å². The number of rotatable bonds is 3. The van der Waals surface area contributed by atoms with Gasteiger partial charge in [0.2, 0.25) is 5.91 Å². The highest BCUT2D eigenvalue weighted by Gasteiger charge is 2.42. The summed E-state index contributed by atoms with van der Waals surface area (Å²) < 4.78 is 0. The smallest absolute Gasteiger partial charge is 0.222 e. The number of likely N-dealkylation sites (tertiary alicyclic amines) is 1. The van der Waals surface area contributed by atoms with E-state index in [0.717, 1.165) is 25.9 Å². The van der Waals surface area contributed by atoms with Gasteiger partial charge in [0.1, 0.15) is 0 Å². The number of nitrogens with two attached hydrogens (primary N) is 1. The molecule has 1 heterocycles. The predicted molar refractivity (Wildman–Crippen MR) is 67.4 cm³/mol. The molecule has 2 aliphatic rings. The molecule has 0 bridgehead atoms. The second-order valence-electron chi connectivity index (χ2n) is 4.79. The number of carbonyl (C=O) groups is 1. The van der Waals surface area contributed by atoms with E-state index in [4.69, 9.17) is 5.73 Å². The molecule has 1 aliphatic heterocycles. The molecule has 2 fully saturated rings. The van der Waals surface area contributed by atoms with Crippen LogP contribution < -0.4 is 5.73 Å². The Bertz CT molecular complexity index is 270. The van der Waals surface area contributed by atoms with Gasteiger partial charge >= 0.3 is 0 Å². The van der Waals surface area contributed by atoms with Crippen LogP contribution in [0.4, 0.5) is 0 Å². The minimum absolute atomic E-state index is 0. The lowest BCUT2D eigenvalue weighted by atomic mass is 9.98. The first-order chi connectivity index (χ1) is 7.22. The number of fused-ring (bicyclic) bond motifs is 1. The molecule has 0 spiro atoms. The van der Waals surface area contributed by atoms with Crippen molar-refractivity contribution in [1.82, 2.24) is 4.90 Å². The summed E-state index contributed by atoms with van der Waals surface area (Å²) in [5, 5.41) is 0. The van der Waals surface area contributed by atoms with Gasteiger partial charge in [0.05, 0.1) is 0 Å². The molecule has 2 rings (SSSR count). The van der Waals surface area contributed by atoms with Crippen molar-refractivity contribution >= 4 is 18.3 Å². The number of hydrogen-bond donors (Lipinski definition) is 1. The SMILES string of the molecule is C=CCCC(=O)N1CC2CCC(N)C2C1.Cl. The first-order valence-electron chi connectivity index (χ1n) is 5.86. The summed E-state index contributed by atoms with van der Waals surface area (Å²) in [5.41, 5.74) is 6.03. The number of allylic oxidation sites excluding steroid dienone is 1. The molecule has 1 amide bonds. The maximum absolute atomic E-state index is 11.8. The van der Waals surface area contributed by atoms with E-state index in [9.17, 15) is 4.79 Å². The Balaban J connectivity index is 0.00000128. The highest BCUT2D eigenvalue weighted by molar-refractivity contribution is 5.85. The molecule has 0 radical (unpaired) electrons. The molecule has 3 atom stereocenters. The molecule has 0 aromatic rings. The van der Waals surface area contributed by atoms with Gasteiger partial charge in [-0.2, -0.15) is 0 Å². The standard InChI is InChI=1S/C12H20N2O.ClH/c1-2-3-4-12(15)14-7-9-5-6-11(13)10(9)8-14;/h2,9-11H,1,3-8,13H2;1H. The fraction of sp³-hybridized carbons (Fsp3) is 0.750. The topological polar surface area (TPSA) is 46.3 Å². The Labute approximate surface area is 103 Å². The summed E-state index contributed by atoms with van der Waals surface area (Å²) in [5.74, 6) is 1.52. The Kier molecular flexibility index (Phi) is 4.81. The van der Waals surface area contributed by atoms with Crippen molar-refractivity contribution in [3.05, 3.63) is 12.7 Å². The van der Waals surface area contributed by atoms with Crippen molar-refractivity contribution < 1.29 is 4.79 Å². The summed E-state index contributed by atoms with van der Waals surface area (Å²) in [7, 11) is 0. The lowest BCUT2D eigenvalue weighted by Gasteiger charge is -2.18. The van der Waals surface area contributed by atoms with Gasteiger partial charge < -0.3 is 10.6 Å². The minimum Gasteiger partial charge on any atom is -0.342 e. The van der Waals surface area contributed by atoms with E-state index in [1.807, 2.05) is 4.90 Å². The summed E-state index contributed by atoms with van der Waals surface area (Å²) in [6, 6.07) is 0.326. The van der Waals surface area contributed by atoms with Gasteiger partial charge in [-0.05, 0) is 31.1 Å². The molecular weight excluding hydrogens is 224 g/mol. The van der Waals surface area contributed by atoms with Crippen molar-refractivity contribution in [2.45, 2.75) is 31.7 Å². The van der Waals surface area contributed by atoms with E-state index in [1.165, 1.54) is 6.42 Å². The van der Waals surface area contributed by atoms with Crippen LogP contribution in [0.1, 0.15) is 25.7 Å². The lowest BCUT2D eigenvalue weighted by molar-refractivity contribution is -0.130. The van der Waals surface area contributed by atoms with E-state index in [2.05, 4.69) is 6.58 Å². The van der Waals surface area contributed by atoms with E-state index in [1.54, 1.807) is 6.08 Å². The molecule has 0 aromatic heterocycles. The first-order valence-corrected chi connectivity index (χ1v) is 5.86. The molecule has 0 aromatic carbocycles. The number of amides is 1. The van der Waals surface area contributed by atoms with Gasteiger partial charge in [0.25, 0.3) is 0 Å². The van der Waals surface area contributed by atoms with E-state index in [-0.39, 0.29) is 18.3 Å². The zero-order valence-electron chi connectivity index (χ0n) is 9.60. The van der Waals surface area contributed by atoms with Crippen LogP contribution in [0.25, 0.3) is 0 Å². The van der Waals surface area contributed by atoms with Crippen molar-refractivity contribution in [3.63, 3.8) is 0 Å². The maximum atomic E-state index is 11.8. The third-order valence-electron chi connectivity index (χ3n) is 3.83. The average molecular weight is 245 g/mol. The molecule has 1 aliphatic carbocycles. The Morgan fingerprint density at radius 3 is 2.81 bits per heavy atom. The van der Waals surface area contributed by atoms with Gasteiger partial charge in [-0.3, -0.25) is 4.79 Å². The Hall–Kier alpha value is -0.540. The quantitative estimate of drug-likeness (QED) is 0.766. The highest BCUT2D eigenvalue weighted by atomic mass is 35.5. The summed E-state index contributed by atoms with van der Waals surface area (Å²) in [4.78, 5) is 13.8. The number of halogens is 1. The number of hydrogen-bond acceptors (Lipinski definition) is 2. The average Bonchev–Trinajstić information content (AvgIpc) is 2.78. The van der Waals surface area contributed by atoms with Crippen LogP contribution in [0.15, 0.2) is 12.7 Å². The van der Waals surface area contributed by atoms with Gasteiger partial charge in [0.15, 0.2) is 0 Å². The second kappa shape index (κ2) is 5.69. The third kappa shape index (κ3) is 2.58.